The fourth-order valence-electron chi connectivity index (χ4n) is 2.13. The van der Waals surface area contributed by atoms with Crippen molar-refractivity contribution in [2.45, 2.75) is 18.9 Å². The number of rotatable bonds is 6. The van der Waals surface area contributed by atoms with Gasteiger partial charge in [0.1, 0.15) is 6.04 Å². The van der Waals surface area contributed by atoms with Crippen LogP contribution in [0.5, 0.6) is 0 Å². The highest BCUT2D eigenvalue weighted by molar-refractivity contribution is 6.31. The van der Waals surface area contributed by atoms with Gasteiger partial charge in [-0.3, -0.25) is 9.59 Å². The summed E-state index contributed by atoms with van der Waals surface area (Å²) < 4.78 is 0. The molecule has 2 aromatic carbocycles. The van der Waals surface area contributed by atoms with E-state index in [0.717, 1.165) is 11.1 Å². The molecule has 2 rings (SSSR count). The van der Waals surface area contributed by atoms with E-state index in [1.54, 1.807) is 12.1 Å². The Morgan fingerprint density at radius 3 is 2.32 bits per heavy atom. The van der Waals surface area contributed by atoms with Gasteiger partial charge in [0.2, 0.25) is 11.8 Å². The number of hydrogen-bond acceptors (Lipinski definition) is 2. The van der Waals surface area contributed by atoms with Gasteiger partial charge >= 0.3 is 0 Å². The molecule has 0 aliphatic heterocycles. The summed E-state index contributed by atoms with van der Waals surface area (Å²) in [7, 11) is 0. The number of primary amides is 1. The van der Waals surface area contributed by atoms with Gasteiger partial charge in [-0.15, -0.1) is 0 Å². The summed E-state index contributed by atoms with van der Waals surface area (Å²) in [5.41, 5.74) is 7.03. The molecule has 0 saturated heterocycles. The van der Waals surface area contributed by atoms with Gasteiger partial charge in [0.05, 0.1) is 6.42 Å². The van der Waals surface area contributed by atoms with Gasteiger partial charge in [0.15, 0.2) is 0 Å². The van der Waals surface area contributed by atoms with Crippen LogP contribution < -0.4 is 11.1 Å². The van der Waals surface area contributed by atoms with Gasteiger partial charge in [0.25, 0.3) is 0 Å². The lowest BCUT2D eigenvalue weighted by atomic mass is 10.0. The SMILES string of the molecule is NC(=O)[C@@H](Cc1ccccc1Cl)NC(=O)Cc1ccccc1. The van der Waals surface area contributed by atoms with E-state index in [1.165, 1.54) is 0 Å². The average Bonchev–Trinajstić information content (AvgIpc) is 2.49. The fraction of sp³-hybridized carbons (Fsp3) is 0.176. The molecule has 0 radical (unpaired) electrons. The summed E-state index contributed by atoms with van der Waals surface area (Å²) >= 11 is 6.07. The number of nitrogens with two attached hydrogens (primary N) is 1. The molecular weight excluding hydrogens is 300 g/mol. The quantitative estimate of drug-likeness (QED) is 0.856. The van der Waals surface area contributed by atoms with Gasteiger partial charge in [-0.05, 0) is 17.2 Å². The first-order valence-corrected chi connectivity index (χ1v) is 7.30. The zero-order chi connectivity index (χ0) is 15.9. The highest BCUT2D eigenvalue weighted by Gasteiger charge is 2.19. The Bertz CT molecular complexity index is 659. The normalized spacial score (nSPS) is 11.7. The van der Waals surface area contributed by atoms with Crippen molar-refractivity contribution in [3.05, 3.63) is 70.7 Å². The molecule has 0 bridgehead atoms. The average molecular weight is 317 g/mol. The molecule has 5 heteroatoms. The molecule has 22 heavy (non-hydrogen) atoms. The lowest BCUT2D eigenvalue weighted by Crippen LogP contribution is -2.46. The molecule has 2 aromatic rings. The van der Waals surface area contributed by atoms with E-state index in [-0.39, 0.29) is 18.7 Å². The Balaban J connectivity index is 2.01. The van der Waals surface area contributed by atoms with Crippen LogP contribution in [0.1, 0.15) is 11.1 Å². The van der Waals surface area contributed by atoms with Crippen LogP contribution in [0.2, 0.25) is 5.02 Å². The minimum Gasteiger partial charge on any atom is -0.368 e. The third-order valence-corrected chi connectivity index (χ3v) is 3.64. The van der Waals surface area contributed by atoms with Crippen molar-refractivity contribution in [1.29, 1.82) is 0 Å². The molecular formula is C17H17ClN2O2. The van der Waals surface area contributed by atoms with Crippen molar-refractivity contribution in [3.8, 4) is 0 Å². The molecule has 4 nitrogen and oxygen atoms in total. The van der Waals surface area contributed by atoms with E-state index >= 15 is 0 Å². The van der Waals surface area contributed by atoms with Gasteiger partial charge in [0, 0.05) is 11.4 Å². The number of hydrogen-bond donors (Lipinski definition) is 2. The van der Waals surface area contributed by atoms with Crippen LogP contribution in [0.3, 0.4) is 0 Å². The predicted molar refractivity (Wildman–Crippen MR) is 86.4 cm³/mol. The molecule has 0 spiro atoms. The number of halogens is 1. The summed E-state index contributed by atoms with van der Waals surface area (Å²) in [5, 5.41) is 3.22. The molecule has 114 valence electrons. The van der Waals surface area contributed by atoms with Gasteiger partial charge in [-0.1, -0.05) is 60.1 Å². The zero-order valence-corrected chi connectivity index (χ0v) is 12.7. The predicted octanol–water partition coefficient (Wildman–Crippen LogP) is 2.10. The summed E-state index contributed by atoms with van der Waals surface area (Å²) in [6, 6.07) is 15.7. The van der Waals surface area contributed by atoms with Crippen molar-refractivity contribution in [2.75, 3.05) is 0 Å². The number of amides is 2. The number of nitrogens with one attached hydrogen (secondary N) is 1. The van der Waals surface area contributed by atoms with Crippen molar-refractivity contribution in [2.24, 2.45) is 5.73 Å². The van der Waals surface area contributed by atoms with Gasteiger partial charge in [-0.25, -0.2) is 0 Å². The van der Waals surface area contributed by atoms with Crippen LogP contribution in [0, 0.1) is 0 Å². The molecule has 0 fully saturated rings. The maximum atomic E-state index is 12.1. The summed E-state index contributed by atoms with van der Waals surface area (Å²) in [5.74, 6) is -0.830. The number of carbonyl (C=O) groups excluding carboxylic acids is 2. The molecule has 2 amide bonds. The van der Waals surface area contributed by atoms with Crippen LogP contribution in [0.4, 0.5) is 0 Å². The maximum absolute atomic E-state index is 12.1. The number of benzene rings is 2. The van der Waals surface area contributed by atoms with E-state index in [9.17, 15) is 9.59 Å². The third-order valence-electron chi connectivity index (χ3n) is 3.27. The third kappa shape index (κ3) is 4.60. The fourth-order valence-corrected chi connectivity index (χ4v) is 2.35. The second-order valence-electron chi connectivity index (χ2n) is 4.98. The Labute approximate surface area is 134 Å². The van der Waals surface area contributed by atoms with E-state index in [4.69, 9.17) is 17.3 Å². The van der Waals surface area contributed by atoms with E-state index in [1.807, 2.05) is 42.5 Å². The summed E-state index contributed by atoms with van der Waals surface area (Å²) in [4.78, 5) is 23.6. The van der Waals surface area contributed by atoms with Crippen LogP contribution in [-0.4, -0.2) is 17.9 Å². The molecule has 0 saturated carbocycles. The Morgan fingerprint density at radius 2 is 1.68 bits per heavy atom. The monoisotopic (exact) mass is 316 g/mol. The van der Waals surface area contributed by atoms with Crippen LogP contribution >= 0.6 is 11.6 Å². The lowest BCUT2D eigenvalue weighted by Gasteiger charge is -2.16. The number of carbonyl (C=O) groups is 2. The summed E-state index contributed by atoms with van der Waals surface area (Å²) in [6.07, 6.45) is 0.475. The molecule has 3 N–H and O–H groups in total. The van der Waals surface area contributed by atoms with E-state index in [2.05, 4.69) is 5.32 Å². The van der Waals surface area contributed by atoms with Crippen LogP contribution in [-0.2, 0) is 22.4 Å². The Morgan fingerprint density at radius 1 is 1.05 bits per heavy atom. The van der Waals surface area contributed by atoms with Crippen molar-refractivity contribution >= 4 is 23.4 Å². The second kappa shape index (κ2) is 7.61. The standard InChI is InChI=1S/C17H17ClN2O2/c18-14-9-5-4-8-13(14)11-15(17(19)22)20-16(21)10-12-6-2-1-3-7-12/h1-9,15H,10-11H2,(H2,19,22)(H,20,21)/t15-/m1/s1. The molecule has 1 atom stereocenters. The van der Waals surface area contributed by atoms with Gasteiger partial charge in [-0.2, -0.15) is 0 Å². The Hall–Kier alpha value is -2.33. The first-order valence-electron chi connectivity index (χ1n) is 6.92. The molecule has 0 heterocycles. The molecule has 0 aliphatic carbocycles. The van der Waals surface area contributed by atoms with Crippen molar-refractivity contribution < 1.29 is 9.59 Å². The zero-order valence-electron chi connectivity index (χ0n) is 12.0. The van der Waals surface area contributed by atoms with E-state index in [0.29, 0.717) is 5.02 Å². The van der Waals surface area contributed by atoms with Crippen molar-refractivity contribution in [3.63, 3.8) is 0 Å². The topological polar surface area (TPSA) is 72.2 Å². The highest BCUT2D eigenvalue weighted by Crippen LogP contribution is 2.16. The molecule has 0 aliphatic rings. The molecule has 0 unspecified atom stereocenters. The first kappa shape index (κ1) is 16.0. The van der Waals surface area contributed by atoms with Crippen LogP contribution in [0.25, 0.3) is 0 Å². The second-order valence-corrected chi connectivity index (χ2v) is 5.39. The van der Waals surface area contributed by atoms with Gasteiger partial charge < -0.3 is 11.1 Å². The Kier molecular flexibility index (Phi) is 5.55. The summed E-state index contributed by atoms with van der Waals surface area (Å²) in [6.45, 7) is 0. The minimum absolute atomic E-state index is 0.202. The minimum atomic E-state index is -0.781. The molecule has 0 aromatic heterocycles. The maximum Gasteiger partial charge on any atom is 0.240 e. The van der Waals surface area contributed by atoms with Crippen LogP contribution in [0.15, 0.2) is 54.6 Å². The van der Waals surface area contributed by atoms with Crippen molar-refractivity contribution in [1.82, 2.24) is 5.32 Å². The first-order chi connectivity index (χ1) is 10.6. The van der Waals surface area contributed by atoms with E-state index < -0.39 is 11.9 Å². The smallest absolute Gasteiger partial charge is 0.240 e. The largest absolute Gasteiger partial charge is 0.368 e. The highest BCUT2D eigenvalue weighted by atomic mass is 35.5. The lowest BCUT2D eigenvalue weighted by molar-refractivity contribution is -0.127.